The minimum atomic E-state index is -0.894. The molecule has 3 N–H and O–H groups in total. The van der Waals surface area contributed by atoms with Gasteiger partial charge in [-0.2, -0.15) is 5.10 Å². The highest BCUT2D eigenvalue weighted by atomic mass is 19.2. The van der Waals surface area contributed by atoms with Gasteiger partial charge in [-0.05, 0) is 24.6 Å². The fourth-order valence-corrected chi connectivity index (χ4v) is 1.86. The summed E-state index contributed by atoms with van der Waals surface area (Å²) >= 11 is 0. The Hall–Kier alpha value is -1.79. The van der Waals surface area contributed by atoms with Crippen LogP contribution in [0.2, 0.25) is 0 Å². The van der Waals surface area contributed by atoms with E-state index in [1.807, 2.05) is 6.92 Å². The van der Waals surface area contributed by atoms with Crippen molar-refractivity contribution in [3.8, 4) is 0 Å². The first-order valence-corrected chi connectivity index (χ1v) is 5.44. The van der Waals surface area contributed by atoms with Crippen LogP contribution >= 0.6 is 0 Å². The standard InChI is InChI=1S/C12H14F2N4/c1-7-9(6-16-18(7)2)12(17-15)8-3-4-10(13)11(14)5-8/h3-6,12,17H,15H2,1-2H3. The Labute approximate surface area is 103 Å². The van der Waals surface area contributed by atoms with E-state index in [0.717, 1.165) is 23.4 Å². The molecule has 6 heteroatoms. The van der Waals surface area contributed by atoms with Gasteiger partial charge in [0.25, 0.3) is 0 Å². The molecular weight excluding hydrogens is 238 g/mol. The van der Waals surface area contributed by atoms with Crippen LogP contribution in [-0.4, -0.2) is 9.78 Å². The number of nitrogens with zero attached hydrogens (tertiary/aromatic N) is 2. The number of nitrogens with two attached hydrogens (primary N) is 1. The van der Waals surface area contributed by atoms with Gasteiger partial charge in [0, 0.05) is 18.3 Å². The molecule has 0 saturated heterocycles. The van der Waals surface area contributed by atoms with Gasteiger partial charge < -0.3 is 0 Å². The number of benzene rings is 1. The van der Waals surface area contributed by atoms with Crippen LogP contribution in [0.3, 0.4) is 0 Å². The van der Waals surface area contributed by atoms with Gasteiger partial charge in [0.2, 0.25) is 0 Å². The maximum atomic E-state index is 13.2. The largest absolute Gasteiger partial charge is 0.273 e. The molecule has 1 aromatic heterocycles. The Balaban J connectivity index is 2.45. The molecule has 0 aliphatic heterocycles. The van der Waals surface area contributed by atoms with Crippen LogP contribution in [0.1, 0.15) is 22.9 Å². The highest BCUT2D eigenvalue weighted by Gasteiger charge is 2.18. The minimum Gasteiger partial charge on any atom is -0.273 e. The van der Waals surface area contributed by atoms with Crippen LogP contribution in [0.5, 0.6) is 0 Å². The monoisotopic (exact) mass is 252 g/mol. The average Bonchev–Trinajstić information content (AvgIpc) is 2.67. The van der Waals surface area contributed by atoms with Crippen molar-refractivity contribution in [3.05, 3.63) is 52.9 Å². The van der Waals surface area contributed by atoms with Crippen molar-refractivity contribution in [2.24, 2.45) is 12.9 Å². The van der Waals surface area contributed by atoms with E-state index in [9.17, 15) is 8.78 Å². The Morgan fingerprint density at radius 1 is 1.33 bits per heavy atom. The lowest BCUT2D eigenvalue weighted by Crippen LogP contribution is -2.29. The summed E-state index contributed by atoms with van der Waals surface area (Å²) in [6, 6.07) is 3.29. The van der Waals surface area contributed by atoms with Gasteiger partial charge in [-0.3, -0.25) is 10.5 Å². The number of aryl methyl sites for hydroxylation is 1. The summed E-state index contributed by atoms with van der Waals surface area (Å²) in [4.78, 5) is 0. The molecule has 1 atom stereocenters. The van der Waals surface area contributed by atoms with Crippen molar-refractivity contribution in [1.82, 2.24) is 15.2 Å². The molecule has 1 aromatic carbocycles. The van der Waals surface area contributed by atoms with Crippen LogP contribution in [-0.2, 0) is 7.05 Å². The van der Waals surface area contributed by atoms with Crippen LogP contribution in [0.15, 0.2) is 24.4 Å². The van der Waals surface area contributed by atoms with Crippen molar-refractivity contribution in [2.75, 3.05) is 0 Å². The third kappa shape index (κ3) is 2.12. The quantitative estimate of drug-likeness (QED) is 0.644. The molecule has 18 heavy (non-hydrogen) atoms. The Bertz CT molecular complexity index is 565. The van der Waals surface area contributed by atoms with E-state index in [1.165, 1.54) is 6.07 Å². The molecule has 0 bridgehead atoms. The summed E-state index contributed by atoms with van der Waals surface area (Å²) < 4.78 is 27.8. The molecule has 0 radical (unpaired) electrons. The maximum absolute atomic E-state index is 13.2. The van der Waals surface area contributed by atoms with E-state index < -0.39 is 17.7 Å². The average molecular weight is 252 g/mol. The van der Waals surface area contributed by atoms with Crippen LogP contribution in [0, 0.1) is 18.6 Å². The first kappa shape index (κ1) is 12.7. The van der Waals surface area contributed by atoms with E-state index in [4.69, 9.17) is 5.84 Å². The third-order valence-electron chi connectivity index (χ3n) is 3.03. The summed E-state index contributed by atoms with van der Waals surface area (Å²) in [6.45, 7) is 1.88. The Kier molecular flexibility index (Phi) is 3.40. The lowest BCUT2D eigenvalue weighted by Gasteiger charge is -2.16. The van der Waals surface area contributed by atoms with E-state index in [-0.39, 0.29) is 0 Å². The summed E-state index contributed by atoms with van der Waals surface area (Å²) in [7, 11) is 1.80. The van der Waals surface area contributed by atoms with Crippen molar-refractivity contribution in [2.45, 2.75) is 13.0 Å². The van der Waals surface area contributed by atoms with E-state index in [2.05, 4.69) is 10.5 Å². The molecule has 2 aromatic rings. The van der Waals surface area contributed by atoms with Gasteiger partial charge in [0.1, 0.15) is 0 Å². The van der Waals surface area contributed by atoms with Crippen molar-refractivity contribution >= 4 is 0 Å². The predicted octanol–water partition coefficient (Wildman–Crippen LogP) is 1.56. The van der Waals surface area contributed by atoms with E-state index in [0.29, 0.717) is 5.56 Å². The number of nitrogens with one attached hydrogen (secondary N) is 1. The molecule has 2 rings (SSSR count). The van der Waals surface area contributed by atoms with Gasteiger partial charge >= 0.3 is 0 Å². The minimum absolute atomic E-state index is 0.422. The predicted molar refractivity (Wildman–Crippen MR) is 63.5 cm³/mol. The summed E-state index contributed by atoms with van der Waals surface area (Å²) in [5.74, 6) is 3.73. The maximum Gasteiger partial charge on any atom is 0.159 e. The van der Waals surface area contributed by atoms with Crippen molar-refractivity contribution in [1.29, 1.82) is 0 Å². The summed E-state index contributed by atoms with van der Waals surface area (Å²) in [6.07, 6.45) is 1.65. The second-order valence-corrected chi connectivity index (χ2v) is 4.08. The van der Waals surface area contributed by atoms with E-state index >= 15 is 0 Å². The molecule has 4 nitrogen and oxygen atoms in total. The zero-order valence-electron chi connectivity index (χ0n) is 10.1. The number of aromatic nitrogens is 2. The molecular formula is C12H14F2N4. The molecule has 96 valence electrons. The highest BCUT2D eigenvalue weighted by Crippen LogP contribution is 2.24. The molecule has 0 saturated carbocycles. The normalized spacial score (nSPS) is 12.7. The van der Waals surface area contributed by atoms with Gasteiger partial charge in [-0.15, -0.1) is 0 Å². The first-order chi connectivity index (χ1) is 8.54. The zero-order valence-corrected chi connectivity index (χ0v) is 10.1. The van der Waals surface area contributed by atoms with E-state index in [1.54, 1.807) is 17.9 Å². The molecule has 0 spiro atoms. The smallest absolute Gasteiger partial charge is 0.159 e. The summed E-state index contributed by atoms with van der Waals surface area (Å²) in [5.41, 5.74) is 4.87. The zero-order chi connectivity index (χ0) is 13.3. The second kappa shape index (κ2) is 4.83. The number of halogens is 2. The molecule has 0 aliphatic carbocycles. The molecule has 0 fully saturated rings. The molecule has 0 amide bonds. The first-order valence-electron chi connectivity index (χ1n) is 5.44. The highest BCUT2D eigenvalue weighted by molar-refractivity contribution is 5.33. The summed E-state index contributed by atoms with van der Waals surface area (Å²) in [5, 5.41) is 4.10. The number of hydrogen-bond donors (Lipinski definition) is 2. The SMILES string of the molecule is Cc1c(C(NN)c2ccc(F)c(F)c2)cnn1C. The lowest BCUT2D eigenvalue weighted by molar-refractivity contribution is 0.503. The Morgan fingerprint density at radius 3 is 2.56 bits per heavy atom. The molecule has 0 aliphatic rings. The second-order valence-electron chi connectivity index (χ2n) is 4.08. The number of hydrogen-bond acceptors (Lipinski definition) is 3. The van der Waals surface area contributed by atoms with Gasteiger partial charge in [-0.1, -0.05) is 6.07 Å². The lowest BCUT2D eigenvalue weighted by atomic mass is 10.00. The van der Waals surface area contributed by atoms with Crippen LogP contribution in [0.4, 0.5) is 8.78 Å². The van der Waals surface area contributed by atoms with Crippen molar-refractivity contribution < 1.29 is 8.78 Å². The number of hydrazine groups is 1. The number of rotatable bonds is 3. The fourth-order valence-electron chi connectivity index (χ4n) is 1.86. The topological polar surface area (TPSA) is 55.9 Å². The third-order valence-corrected chi connectivity index (χ3v) is 3.03. The van der Waals surface area contributed by atoms with Crippen LogP contribution < -0.4 is 11.3 Å². The van der Waals surface area contributed by atoms with Crippen LogP contribution in [0.25, 0.3) is 0 Å². The van der Waals surface area contributed by atoms with Crippen molar-refractivity contribution in [3.63, 3.8) is 0 Å². The van der Waals surface area contributed by atoms with Gasteiger partial charge in [-0.25, -0.2) is 14.2 Å². The fraction of sp³-hybridized carbons (Fsp3) is 0.250. The van der Waals surface area contributed by atoms with Gasteiger partial charge in [0.05, 0.1) is 12.2 Å². The Morgan fingerprint density at radius 2 is 2.06 bits per heavy atom. The molecule has 1 heterocycles. The van der Waals surface area contributed by atoms with Gasteiger partial charge in [0.15, 0.2) is 11.6 Å². The molecule has 1 unspecified atom stereocenters.